The first kappa shape index (κ1) is 16.5. The lowest BCUT2D eigenvalue weighted by atomic mass is 9.87. The van der Waals surface area contributed by atoms with Crippen molar-refractivity contribution >= 4 is 33.3 Å². The van der Waals surface area contributed by atoms with E-state index in [1.165, 1.54) is 0 Å². The van der Waals surface area contributed by atoms with Crippen molar-refractivity contribution in [2.75, 3.05) is 6.54 Å². The predicted octanol–water partition coefficient (Wildman–Crippen LogP) is 3.11. The Labute approximate surface area is 126 Å². The lowest BCUT2D eigenvalue weighted by Crippen LogP contribution is -2.41. The van der Waals surface area contributed by atoms with Crippen molar-refractivity contribution in [3.63, 3.8) is 0 Å². The summed E-state index contributed by atoms with van der Waals surface area (Å²) in [6.45, 7) is 6.88. The molecule has 1 aromatic heterocycles. The number of urea groups is 1. The third-order valence-corrected chi connectivity index (χ3v) is 4.25. The molecule has 1 heterocycles. The first-order valence-electron chi connectivity index (χ1n) is 6.22. The molecule has 0 aromatic carbocycles. The molecule has 4 nitrogen and oxygen atoms in total. The molecule has 0 saturated heterocycles. The molecule has 1 unspecified atom stereocenters. The average Bonchev–Trinajstić information content (AvgIpc) is 2.68. The average molecular weight is 349 g/mol. The van der Waals surface area contributed by atoms with E-state index in [4.69, 9.17) is 0 Å². The van der Waals surface area contributed by atoms with Gasteiger partial charge in [0.2, 0.25) is 0 Å². The van der Waals surface area contributed by atoms with Crippen LogP contribution >= 0.6 is 27.3 Å². The number of carbonyl (C=O) groups is 1. The first-order valence-corrected chi connectivity index (χ1v) is 7.83. The van der Waals surface area contributed by atoms with Crippen LogP contribution in [-0.4, -0.2) is 23.8 Å². The van der Waals surface area contributed by atoms with Crippen LogP contribution in [0.15, 0.2) is 15.9 Å². The van der Waals surface area contributed by atoms with Gasteiger partial charge in [0, 0.05) is 11.4 Å². The van der Waals surface area contributed by atoms with Gasteiger partial charge in [-0.2, -0.15) is 0 Å². The van der Waals surface area contributed by atoms with E-state index in [0.717, 1.165) is 8.66 Å². The molecule has 1 rings (SSSR count). The second-order valence-corrected chi connectivity index (χ2v) is 8.01. The van der Waals surface area contributed by atoms with Crippen LogP contribution in [0.4, 0.5) is 4.79 Å². The van der Waals surface area contributed by atoms with Crippen molar-refractivity contribution in [1.82, 2.24) is 10.6 Å². The van der Waals surface area contributed by atoms with Gasteiger partial charge in [-0.3, -0.25) is 0 Å². The molecule has 108 valence electrons. The molecule has 0 aliphatic rings. The standard InChI is InChI=1S/C13H21BrN2O2S/c1-9(17)6-13(2,3)8-16-12(18)15-7-10-4-5-11(14)19-10/h4-5,9,17H,6-8H2,1-3H3,(H2,15,16,18). The number of thiophene rings is 1. The maximum atomic E-state index is 11.7. The van der Waals surface area contributed by atoms with Gasteiger partial charge in [0.25, 0.3) is 0 Å². The summed E-state index contributed by atoms with van der Waals surface area (Å²) in [5.74, 6) is 0. The van der Waals surface area contributed by atoms with Gasteiger partial charge in [-0.1, -0.05) is 13.8 Å². The Morgan fingerprint density at radius 2 is 2.16 bits per heavy atom. The van der Waals surface area contributed by atoms with E-state index in [0.29, 0.717) is 19.5 Å². The first-order chi connectivity index (χ1) is 8.78. The molecule has 1 atom stereocenters. The van der Waals surface area contributed by atoms with Crippen molar-refractivity contribution < 1.29 is 9.90 Å². The van der Waals surface area contributed by atoms with Crippen LogP contribution < -0.4 is 10.6 Å². The van der Waals surface area contributed by atoms with Gasteiger partial charge in [-0.15, -0.1) is 11.3 Å². The van der Waals surface area contributed by atoms with Crippen molar-refractivity contribution in [2.24, 2.45) is 5.41 Å². The minimum atomic E-state index is -0.358. The molecule has 6 heteroatoms. The minimum Gasteiger partial charge on any atom is -0.393 e. The maximum absolute atomic E-state index is 11.7. The van der Waals surface area contributed by atoms with Crippen molar-refractivity contribution in [3.05, 3.63) is 20.8 Å². The van der Waals surface area contributed by atoms with Crippen molar-refractivity contribution in [2.45, 2.75) is 39.8 Å². The highest BCUT2D eigenvalue weighted by Crippen LogP contribution is 2.22. The number of carbonyl (C=O) groups excluding carboxylic acids is 1. The normalized spacial score (nSPS) is 13.1. The van der Waals surface area contributed by atoms with E-state index < -0.39 is 0 Å². The zero-order valence-electron chi connectivity index (χ0n) is 11.5. The number of nitrogens with one attached hydrogen (secondary N) is 2. The summed E-state index contributed by atoms with van der Waals surface area (Å²) in [5, 5.41) is 15.0. The predicted molar refractivity (Wildman–Crippen MR) is 82.3 cm³/mol. The largest absolute Gasteiger partial charge is 0.393 e. The van der Waals surface area contributed by atoms with Crippen LogP contribution in [0.3, 0.4) is 0 Å². The van der Waals surface area contributed by atoms with Gasteiger partial charge in [0.15, 0.2) is 0 Å². The Balaban J connectivity index is 2.28. The number of amides is 2. The Morgan fingerprint density at radius 1 is 1.47 bits per heavy atom. The number of hydrogen-bond donors (Lipinski definition) is 3. The second kappa shape index (κ2) is 7.26. The van der Waals surface area contributed by atoms with E-state index >= 15 is 0 Å². The molecule has 0 aliphatic carbocycles. The van der Waals surface area contributed by atoms with Crippen LogP contribution in [0.5, 0.6) is 0 Å². The molecule has 0 aliphatic heterocycles. The third kappa shape index (κ3) is 6.94. The molecule has 0 bridgehead atoms. The quantitative estimate of drug-likeness (QED) is 0.739. The summed E-state index contributed by atoms with van der Waals surface area (Å²) in [6, 6.07) is 3.76. The number of aliphatic hydroxyl groups excluding tert-OH is 1. The molecule has 1 aromatic rings. The smallest absolute Gasteiger partial charge is 0.315 e. The van der Waals surface area contributed by atoms with Gasteiger partial charge in [-0.05, 0) is 46.8 Å². The summed E-state index contributed by atoms with van der Waals surface area (Å²) in [7, 11) is 0. The van der Waals surface area contributed by atoms with Crippen molar-refractivity contribution in [1.29, 1.82) is 0 Å². The van der Waals surface area contributed by atoms with E-state index in [9.17, 15) is 9.90 Å². The van der Waals surface area contributed by atoms with E-state index in [-0.39, 0.29) is 17.6 Å². The highest BCUT2D eigenvalue weighted by molar-refractivity contribution is 9.11. The van der Waals surface area contributed by atoms with Gasteiger partial charge in [-0.25, -0.2) is 4.79 Å². The molecular formula is C13H21BrN2O2S. The van der Waals surface area contributed by atoms with E-state index in [2.05, 4.69) is 26.6 Å². The molecule has 0 fully saturated rings. The molecule has 0 radical (unpaired) electrons. The van der Waals surface area contributed by atoms with Gasteiger partial charge < -0.3 is 15.7 Å². The van der Waals surface area contributed by atoms with Crippen LogP contribution in [0.2, 0.25) is 0 Å². The lowest BCUT2D eigenvalue weighted by molar-refractivity contribution is 0.129. The minimum absolute atomic E-state index is 0.114. The number of aliphatic hydroxyl groups is 1. The fourth-order valence-corrected chi connectivity index (χ4v) is 3.29. The third-order valence-electron chi connectivity index (χ3n) is 2.63. The molecule has 3 N–H and O–H groups in total. The van der Waals surface area contributed by atoms with Crippen LogP contribution in [-0.2, 0) is 6.54 Å². The SMILES string of the molecule is CC(O)CC(C)(C)CNC(=O)NCc1ccc(Br)s1. The van der Waals surface area contributed by atoms with Crippen molar-refractivity contribution in [3.8, 4) is 0 Å². The maximum Gasteiger partial charge on any atom is 0.315 e. The molecule has 2 amide bonds. The zero-order chi connectivity index (χ0) is 14.5. The molecular weight excluding hydrogens is 328 g/mol. The number of halogens is 1. The van der Waals surface area contributed by atoms with E-state index in [1.807, 2.05) is 26.0 Å². The fourth-order valence-electron chi connectivity index (χ4n) is 1.87. The zero-order valence-corrected chi connectivity index (χ0v) is 13.9. The Morgan fingerprint density at radius 3 is 2.68 bits per heavy atom. The Bertz CT molecular complexity index is 419. The molecule has 19 heavy (non-hydrogen) atoms. The molecule has 0 spiro atoms. The lowest BCUT2D eigenvalue weighted by Gasteiger charge is -2.26. The summed E-state index contributed by atoms with van der Waals surface area (Å²) in [5.41, 5.74) is -0.114. The Kier molecular flexibility index (Phi) is 6.29. The van der Waals surface area contributed by atoms with Gasteiger partial charge >= 0.3 is 6.03 Å². The van der Waals surface area contributed by atoms with E-state index in [1.54, 1.807) is 18.3 Å². The van der Waals surface area contributed by atoms with Gasteiger partial charge in [0.05, 0.1) is 16.4 Å². The van der Waals surface area contributed by atoms with Crippen LogP contribution in [0.1, 0.15) is 32.1 Å². The molecule has 0 saturated carbocycles. The second-order valence-electron chi connectivity index (χ2n) is 5.46. The Hall–Kier alpha value is -0.590. The summed E-state index contributed by atoms with van der Waals surface area (Å²) in [4.78, 5) is 12.8. The number of rotatable bonds is 6. The van der Waals surface area contributed by atoms with Crippen LogP contribution in [0, 0.1) is 5.41 Å². The summed E-state index contributed by atoms with van der Waals surface area (Å²) in [6.07, 6.45) is 0.300. The highest BCUT2D eigenvalue weighted by Gasteiger charge is 2.20. The number of hydrogen-bond acceptors (Lipinski definition) is 3. The van der Waals surface area contributed by atoms with Gasteiger partial charge in [0.1, 0.15) is 0 Å². The fraction of sp³-hybridized carbons (Fsp3) is 0.615. The summed E-state index contributed by atoms with van der Waals surface area (Å²) >= 11 is 4.99. The monoisotopic (exact) mass is 348 g/mol. The summed E-state index contributed by atoms with van der Waals surface area (Å²) < 4.78 is 1.06. The van der Waals surface area contributed by atoms with Crippen LogP contribution in [0.25, 0.3) is 0 Å². The highest BCUT2D eigenvalue weighted by atomic mass is 79.9. The topological polar surface area (TPSA) is 61.4 Å².